The van der Waals surface area contributed by atoms with Gasteiger partial charge >= 0.3 is 0 Å². The minimum atomic E-state index is -0.0363. The zero-order valence-electron chi connectivity index (χ0n) is 6.87. The van der Waals surface area contributed by atoms with Crippen LogP contribution >= 0.6 is 12.6 Å². The number of carbonyl (C=O) groups is 1. The molecular formula is C9H11NOS. The van der Waals surface area contributed by atoms with Crippen LogP contribution in [0, 0.1) is 0 Å². The van der Waals surface area contributed by atoms with Crippen molar-refractivity contribution in [1.29, 1.82) is 0 Å². The van der Waals surface area contributed by atoms with Crippen molar-refractivity contribution in [1.82, 2.24) is 5.32 Å². The van der Waals surface area contributed by atoms with Gasteiger partial charge in [0.05, 0.1) is 0 Å². The van der Waals surface area contributed by atoms with Crippen LogP contribution in [0.25, 0.3) is 0 Å². The minimum Gasteiger partial charge on any atom is -0.352 e. The summed E-state index contributed by atoms with van der Waals surface area (Å²) in [5, 5.41) is 2.72. The Morgan fingerprint density at radius 3 is 2.50 bits per heavy atom. The van der Waals surface area contributed by atoms with Gasteiger partial charge in [0, 0.05) is 17.0 Å². The Labute approximate surface area is 77.4 Å². The molecule has 0 saturated carbocycles. The third-order valence-corrected chi connectivity index (χ3v) is 1.76. The molecule has 1 aromatic carbocycles. The maximum atomic E-state index is 11.2. The largest absolute Gasteiger partial charge is 0.352 e. The Morgan fingerprint density at radius 2 is 2.00 bits per heavy atom. The lowest BCUT2D eigenvalue weighted by atomic mass is 10.2. The summed E-state index contributed by atoms with van der Waals surface area (Å²) in [7, 11) is 0. The van der Waals surface area contributed by atoms with E-state index in [-0.39, 0.29) is 5.91 Å². The quantitative estimate of drug-likeness (QED) is 0.668. The first-order chi connectivity index (χ1) is 5.74. The second-order valence-corrected chi connectivity index (χ2v) is 2.92. The lowest BCUT2D eigenvalue weighted by Gasteiger charge is -2.01. The van der Waals surface area contributed by atoms with E-state index in [1.54, 1.807) is 24.3 Å². The maximum Gasteiger partial charge on any atom is 0.251 e. The number of benzene rings is 1. The SMILES string of the molecule is CCNC(=O)c1ccc(S)cc1. The van der Waals surface area contributed by atoms with E-state index in [1.807, 2.05) is 6.92 Å². The molecule has 0 unspecified atom stereocenters. The number of hydrogen-bond donors (Lipinski definition) is 2. The van der Waals surface area contributed by atoms with Gasteiger partial charge in [0.2, 0.25) is 0 Å². The number of nitrogens with one attached hydrogen (secondary N) is 1. The van der Waals surface area contributed by atoms with E-state index in [0.29, 0.717) is 12.1 Å². The molecule has 3 heteroatoms. The van der Waals surface area contributed by atoms with Gasteiger partial charge in [-0.2, -0.15) is 0 Å². The third-order valence-electron chi connectivity index (χ3n) is 1.47. The van der Waals surface area contributed by atoms with Crippen LogP contribution in [-0.2, 0) is 0 Å². The average Bonchev–Trinajstić information content (AvgIpc) is 2.06. The molecule has 0 heterocycles. The number of rotatable bonds is 2. The van der Waals surface area contributed by atoms with Gasteiger partial charge in [-0.3, -0.25) is 4.79 Å². The summed E-state index contributed by atoms with van der Waals surface area (Å²) in [6, 6.07) is 7.11. The monoisotopic (exact) mass is 181 g/mol. The lowest BCUT2D eigenvalue weighted by molar-refractivity contribution is 0.0956. The normalized spacial score (nSPS) is 9.50. The van der Waals surface area contributed by atoms with Gasteiger partial charge in [-0.1, -0.05) is 0 Å². The van der Waals surface area contributed by atoms with Crippen molar-refractivity contribution in [3.05, 3.63) is 29.8 Å². The lowest BCUT2D eigenvalue weighted by Crippen LogP contribution is -2.22. The highest BCUT2D eigenvalue weighted by molar-refractivity contribution is 7.80. The molecule has 1 N–H and O–H groups in total. The van der Waals surface area contributed by atoms with Crippen molar-refractivity contribution >= 4 is 18.5 Å². The minimum absolute atomic E-state index is 0.0363. The van der Waals surface area contributed by atoms with Crippen molar-refractivity contribution in [3.63, 3.8) is 0 Å². The highest BCUT2D eigenvalue weighted by Gasteiger charge is 2.01. The van der Waals surface area contributed by atoms with Gasteiger partial charge in [0.25, 0.3) is 5.91 Å². The molecule has 64 valence electrons. The standard InChI is InChI=1S/C9H11NOS/c1-2-10-9(11)7-3-5-8(12)6-4-7/h3-6,12H,2H2,1H3,(H,10,11). The van der Waals surface area contributed by atoms with E-state index in [9.17, 15) is 4.79 Å². The fourth-order valence-electron chi connectivity index (χ4n) is 0.875. The summed E-state index contributed by atoms with van der Waals surface area (Å²) in [5.41, 5.74) is 0.676. The van der Waals surface area contributed by atoms with Crippen molar-refractivity contribution in [3.8, 4) is 0 Å². The Balaban J connectivity index is 2.75. The van der Waals surface area contributed by atoms with Crippen LogP contribution in [0.15, 0.2) is 29.2 Å². The number of thiol groups is 1. The van der Waals surface area contributed by atoms with Crippen LogP contribution in [-0.4, -0.2) is 12.5 Å². The Bertz CT molecular complexity index is 268. The second-order valence-electron chi connectivity index (χ2n) is 2.41. The van der Waals surface area contributed by atoms with Gasteiger partial charge in [0.1, 0.15) is 0 Å². The molecule has 1 amide bonds. The fraction of sp³-hybridized carbons (Fsp3) is 0.222. The second kappa shape index (κ2) is 4.16. The van der Waals surface area contributed by atoms with Crippen molar-refractivity contribution in [2.45, 2.75) is 11.8 Å². The Hall–Kier alpha value is -0.960. The van der Waals surface area contributed by atoms with Crippen molar-refractivity contribution in [2.75, 3.05) is 6.54 Å². The molecule has 0 aliphatic heterocycles. The van der Waals surface area contributed by atoms with E-state index >= 15 is 0 Å². The number of carbonyl (C=O) groups excluding carboxylic acids is 1. The summed E-state index contributed by atoms with van der Waals surface area (Å²) in [6.45, 7) is 2.55. The van der Waals surface area contributed by atoms with E-state index in [1.165, 1.54) is 0 Å². The van der Waals surface area contributed by atoms with Crippen LogP contribution in [0.2, 0.25) is 0 Å². The summed E-state index contributed by atoms with van der Waals surface area (Å²) < 4.78 is 0. The van der Waals surface area contributed by atoms with Crippen LogP contribution in [0.5, 0.6) is 0 Å². The highest BCUT2D eigenvalue weighted by Crippen LogP contribution is 2.07. The first-order valence-corrected chi connectivity index (χ1v) is 4.26. The Morgan fingerprint density at radius 1 is 1.42 bits per heavy atom. The highest BCUT2D eigenvalue weighted by atomic mass is 32.1. The zero-order valence-corrected chi connectivity index (χ0v) is 7.77. The molecule has 12 heavy (non-hydrogen) atoms. The predicted molar refractivity (Wildman–Crippen MR) is 51.7 cm³/mol. The molecule has 0 radical (unpaired) electrons. The van der Waals surface area contributed by atoms with E-state index < -0.39 is 0 Å². The zero-order chi connectivity index (χ0) is 8.97. The van der Waals surface area contributed by atoms with Crippen LogP contribution in [0.4, 0.5) is 0 Å². The molecule has 1 rings (SSSR count). The first-order valence-electron chi connectivity index (χ1n) is 3.81. The molecule has 0 atom stereocenters. The predicted octanol–water partition coefficient (Wildman–Crippen LogP) is 1.73. The Kier molecular flexibility index (Phi) is 3.17. The van der Waals surface area contributed by atoms with E-state index in [0.717, 1.165) is 4.90 Å². The molecule has 0 saturated heterocycles. The van der Waals surface area contributed by atoms with Gasteiger partial charge in [0.15, 0.2) is 0 Å². The number of hydrogen-bond acceptors (Lipinski definition) is 2. The van der Waals surface area contributed by atoms with Gasteiger partial charge in [-0.15, -0.1) is 12.6 Å². The molecule has 1 aromatic rings. The summed E-state index contributed by atoms with van der Waals surface area (Å²) in [4.78, 5) is 12.1. The summed E-state index contributed by atoms with van der Waals surface area (Å²) >= 11 is 4.12. The van der Waals surface area contributed by atoms with Gasteiger partial charge < -0.3 is 5.32 Å². The molecule has 0 bridgehead atoms. The molecule has 0 aliphatic carbocycles. The van der Waals surface area contributed by atoms with Crippen LogP contribution in [0.1, 0.15) is 17.3 Å². The molecule has 0 spiro atoms. The summed E-state index contributed by atoms with van der Waals surface area (Å²) in [5.74, 6) is -0.0363. The van der Waals surface area contributed by atoms with Crippen molar-refractivity contribution < 1.29 is 4.79 Å². The number of amides is 1. The molecule has 0 aromatic heterocycles. The van der Waals surface area contributed by atoms with Crippen LogP contribution < -0.4 is 5.32 Å². The topological polar surface area (TPSA) is 29.1 Å². The maximum absolute atomic E-state index is 11.2. The molecule has 2 nitrogen and oxygen atoms in total. The third kappa shape index (κ3) is 2.27. The van der Waals surface area contributed by atoms with E-state index in [4.69, 9.17) is 0 Å². The summed E-state index contributed by atoms with van der Waals surface area (Å²) in [6.07, 6.45) is 0. The van der Waals surface area contributed by atoms with Gasteiger partial charge in [-0.25, -0.2) is 0 Å². The average molecular weight is 181 g/mol. The molecular weight excluding hydrogens is 170 g/mol. The van der Waals surface area contributed by atoms with Crippen LogP contribution in [0.3, 0.4) is 0 Å². The van der Waals surface area contributed by atoms with Crippen molar-refractivity contribution in [2.24, 2.45) is 0 Å². The van der Waals surface area contributed by atoms with E-state index in [2.05, 4.69) is 17.9 Å². The molecule has 0 fully saturated rings. The molecule has 0 aliphatic rings. The fourth-order valence-corrected chi connectivity index (χ4v) is 1.02. The first kappa shape index (κ1) is 9.13. The smallest absolute Gasteiger partial charge is 0.251 e. The van der Waals surface area contributed by atoms with Gasteiger partial charge in [-0.05, 0) is 31.2 Å².